The zero-order valence-corrected chi connectivity index (χ0v) is 22.9. The van der Waals surface area contributed by atoms with Gasteiger partial charge < -0.3 is 20.4 Å². The summed E-state index contributed by atoms with van der Waals surface area (Å²) in [5, 5.41) is 37.1. The van der Waals surface area contributed by atoms with Crippen LogP contribution in [0.3, 0.4) is 0 Å². The number of carboxylic acid groups (broad SMARTS) is 4. The Morgan fingerprint density at radius 3 is 0.972 bits per heavy atom. The second-order valence-electron chi connectivity index (χ2n) is 7.44. The molecule has 36 heavy (non-hydrogen) atoms. The van der Waals surface area contributed by atoms with Gasteiger partial charge in [-0.05, 0) is 13.8 Å². The van der Waals surface area contributed by atoms with Crippen molar-refractivity contribution in [3.8, 4) is 0 Å². The van der Waals surface area contributed by atoms with E-state index in [1.165, 1.54) is 13.8 Å². The molecule has 4 N–H and O–H groups in total. The number of carbonyl (C=O) groups is 4. The fourth-order valence-corrected chi connectivity index (χ4v) is 3.31. The predicted molar refractivity (Wildman–Crippen MR) is 139 cm³/mol. The molecule has 1 aliphatic rings. The Morgan fingerprint density at radius 1 is 0.583 bits per heavy atom. The molecule has 12 heteroatoms. The molecule has 0 aliphatic carbocycles. The lowest BCUT2D eigenvalue weighted by Gasteiger charge is -2.35. The summed E-state index contributed by atoms with van der Waals surface area (Å²) in [7, 11) is 0. The summed E-state index contributed by atoms with van der Waals surface area (Å²) >= 11 is 0. The van der Waals surface area contributed by atoms with Crippen molar-refractivity contribution in [3.05, 3.63) is 13.2 Å². The molecule has 212 valence electrons. The van der Waals surface area contributed by atoms with Gasteiger partial charge in [0.2, 0.25) is 0 Å². The van der Waals surface area contributed by atoms with Crippen molar-refractivity contribution >= 4 is 23.9 Å². The number of hydrogen-bond donors (Lipinski definition) is 4. The van der Waals surface area contributed by atoms with Crippen LogP contribution in [0.2, 0.25) is 0 Å². The van der Waals surface area contributed by atoms with Gasteiger partial charge in [0.25, 0.3) is 0 Å². The van der Waals surface area contributed by atoms with E-state index < -0.39 is 36.0 Å². The van der Waals surface area contributed by atoms with E-state index in [0.29, 0.717) is 0 Å². The Kier molecular flexibility index (Phi) is 24.2. The number of nitrogens with zero attached hydrogens (tertiary/aromatic N) is 4. The molecule has 1 heterocycles. The SMILES string of the molecule is C=C.CC.CC.CC(C(=O)O)N1CCN(CC(=O)O)CCN(C(C)C(=O)O)CCN(CC(=O)O)CC1. The molecule has 1 aliphatic heterocycles. The molecule has 0 bridgehead atoms. The molecular formula is C24H48N4O8. The maximum Gasteiger partial charge on any atom is 0.320 e. The summed E-state index contributed by atoms with van der Waals surface area (Å²) < 4.78 is 0. The number of carboxylic acids is 4. The first-order valence-electron chi connectivity index (χ1n) is 12.3. The normalized spacial score (nSPS) is 18.1. The van der Waals surface area contributed by atoms with Crippen LogP contribution in [0.1, 0.15) is 41.5 Å². The quantitative estimate of drug-likeness (QED) is 0.339. The first kappa shape index (κ1) is 38.0. The van der Waals surface area contributed by atoms with Crippen molar-refractivity contribution in [2.24, 2.45) is 0 Å². The van der Waals surface area contributed by atoms with Crippen LogP contribution in [0, 0.1) is 0 Å². The summed E-state index contributed by atoms with van der Waals surface area (Å²) in [5.74, 6) is -4.08. The minimum Gasteiger partial charge on any atom is -0.480 e. The summed E-state index contributed by atoms with van der Waals surface area (Å²) in [6.45, 7) is 18.9. The highest BCUT2D eigenvalue weighted by molar-refractivity contribution is 5.73. The molecule has 0 radical (unpaired) electrons. The maximum absolute atomic E-state index is 11.5. The molecule has 12 nitrogen and oxygen atoms in total. The van der Waals surface area contributed by atoms with Crippen molar-refractivity contribution in [3.63, 3.8) is 0 Å². The molecular weight excluding hydrogens is 472 g/mol. The van der Waals surface area contributed by atoms with E-state index in [1.54, 1.807) is 19.6 Å². The predicted octanol–water partition coefficient (Wildman–Crippen LogP) is 1.18. The number of aliphatic carboxylic acids is 4. The van der Waals surface area contributed by atoms with Gasteiger partial charge in [-0.1, -0.05) is 27.7 Å². The van der Waals surface area contributed by atoms with Crippen LogP contribution in [0.4, 0.5) is 0 Å². The highest BCUT2D eigenvalue weighted by Gasteiger charge is 2.26. The maximum atomic E-state index is 11.5. The van der Waals surface area contributed by atoms with Crippen LogP contribution in [-0.4, -0.2) is 141 Å². The largest absolute Gasteiger partial charge is 0.480 e. The van der Waals surface area contributed by atoms with E-state index in [-0.39, 0.29) is 65.4 Å². The lowest BCUT2D eigenvalue weighted by molar-refractivity contribution is -0.144. The molecule has 2 unspecified atom stereocenters. The van der Waals surface area contributed by atoms with Gasteiger partial charge in [0.1, 0.15) is 12.1 Å². The molecule has 2 atom stereocenters. The van der Waals surface area contributed by atoms with Gasteiger partial charge in [-0.15, -0.1) is 13.2 Å². The van der Waals surface area contributed by atoms with Gasteiger partial charge in [0.05, 0.1) is 13.1 Å². The van der Waals surface area contributed by atoms with Crippen molar-refractivity contribution in [2.45, 2.75) is 53.6 Å². The molecule has 1 fully saturated rings. The molecule has 0 saturated carbocycles. The zero-order chi connectivity index (χ0) is 28.8. The minimum atomic E-state index is -1.02. The third-order valence-corrected chi connectivity index (χ3v) is 5.34. The summed E-state index contributed by atoms with van der Waals surface area (Å²) in [5.41, 5.74) is 0. The Hall–Kier alpha value is -2.54. The first-order valence-corrected chi connectivity index (χ1v) is 12.3. The minimum absolute atomic E-state index is 0.240. The van der Waals surface area contributed by atoms with Crippen molar-refractivity contribution in [1.82, 2.24) is 19.6 Å². The van der Waals surface area contributed by atoms with E-state index in [0.717, 1.165) is 0 Å². The zero-order valence-electron chi connectivity index (χ0n) is 22.9. The Labute approximate surface area is 215 Å². The van der Waals surface area contributed by atoms with Crippen molar-refractivity contribution < 1.29 is 39.6 Å². The van der Waals surface area contributed by atoms with Gasteiger partial charge in [-0.2, -0.15) is 0 Å². The molecule has 0 aromatic heterocycles. The average molecular weight is 521 g/mol. The Balaban J connectivity index is -0.00000168. The number of hydrogen-bond acceptors (Lipinski definition) is 8. The summed E-state index contributed by atoms with van der Waals surface area (Å²) in [6.07, 6.45) is 0. The fraction of sp³-hybridized carbons (Fsp3) is 0.750. The lowest BCUT2D eigenvalue weighted by atomic mass is 10.2. The van der Waals surface area contributed by atoms with E-state index in [9.17, 15) is 39.6 Å². The van der Waals surface area contributed by atoms with E-state index in [2.05, 4.69) is 13.2 Å². The van der Waals surface area contributed by atoms with Crippen LogP contribution < -0.4 is 0 Å². The van der Waals surface area contributed by atoms with Crippen LogP contribution in [0.25, 0.3) is 0 Å². The molecule has 0 amide bonds. The Bertz CT molecular complexity index is 567. The smallest absolute Gasteiger partial charge is 0.320 e. The van der Waals surface area contributed by atoms with Gasteiger partial charge in [0, 0.05) is 52.4 Å². The van der Waals surface area contributed by atoms with Crippen LogP contribution in [-0.2, 0) is 19.2 Å². The van der Waals surface area contributed by atoms with Crippen LogP contribution >= 0.6 is 0 Å². The van der Waals surface area contributed by atoms with Gasteiger partial charge in [0.15, 0.2) is 0 Å². The third kappa shape index (κ3) is 17.0. The molecule has 1 rings (SSSR count). The second-order valence-corrected chi connectivity index (χ2v) is 7.44. The highest BCUT2D eigenvalue weighted by Crippen LogP contribution is 2.07. The van der Waals surface area contributed by atoms with Gasteiger partial charge >= 0.3 is 23.9 Å². The third-order valence-electron chi connectivity index (χ3n) is 5.34. The molecule has 0 spiro atoms. The molecule has 0 aromatic rings. The van der Waals surface area contributed by atoms with Crippen LogP contribution in [0.15, 0.2) is 13.2 Å². The monoisotopic (exact) mass is 520 g/mol. The summed E-state index contributed by atoms with van der Waals surface area (Å²) in [6, 6.07) is -1.62. The topological polar surface area (TPSA) is 162 Å². The molecule has 0 aromatic carbocycles. The van der Waals surface area contributed by atoms with E-state index in [4.69, 9.17) is 0 Å². The van der Waals surface area contributed by atoms with E-state index >= 15 is 0 Å². The fourth-order valence-electron chi connectivity index (χ4n) is 3.31. The number of rotatable bonds is 8. The Morgan fingerprint density at radius 2 is 0.806 bits per heavy atom. The van der Waals surface area contributed by atoms with Gasteiger partial charge in [-0.25, -0.2) is 0 Å². The van der Waals surface area contributed by atoms with Crippen LogP contribution in [0.5, 0.6) is 0 Å². The van der Waals surface area contributed by atoms with Crippen molar-refractivity contribution in [2.75, 3.05) is 65.4 Å². The average Bonchev–Trinajstić information content (AvgIpc) is 2.84. The van der Waals surface area contributed by atoms with Gasteiger partial charge in [-0.3, -0.25) is 38.8 Å². The lowest BCUT2D eigenvalue weighted by Crippen LogP contribution is -2.52. The van der Waals surface area contributed by atoms with E-state index in [1.807, 2.05) is 27.7 Å². The molecule has 1 saturated heterocycles. The summed E-state index contributed by atoms with van der Waals surface area (Å²) in [4.78, 5) is 52.0. The second kappa shape index (κ2) is 22.9. The first-order chi connectivity index (χ1) is 17.0. The van der Waals surface area contributed by atoms with Crippen molar-refractivity contribution in [1.29, 1.82) is 0 Å². The standard InChI is InChI=1S/C18H32N4O8.2C2H6.C2H4/c1-13(17(27)28)21-7-3-19(11-15(23)24)5-9-22(14(2)18(29)30)10-6-20(4-8-21)12-16(25)26;3*1-2/h13-14H,3-12H2,1-2H3,(H,23,24)(H,25,26)(H,27,28)(H,29,30);2*1-2H3;1-2H2. The highest BCUT2D eigenvalue weighted by atomic mass is 16.4.